The molecular formula is C19H24N2O3S. The third-order valence-electron chi connectivity index (χ3n) is 4.92. The molecule has 1 N–H and O–H groups in total. The lowest BCUT2D eigenvalue weighted by Gasteiger charge is -2.29. The smallest absolute Gasteiger partial charge is 0.276 e. The van der Waals surface area contributed by atoms with Crippen LogP contribution in [0.2, 0.25) is 0 Å². The second kappa shape index (κ2) is 7.44. The second-order valence-corrected chi connectivity index (χ2v) is 6.91. The summed E-state index contributed by atoms with van der Waals surface area (Å²) in [7, 11) is 3.21. The van der Waals surface area contributed by atoms with Crippen molar-refractivity contribution in [3.8, 4) is 11.5 Å². The minimum atomic E-state index is -0.0360. The molecular weight excluding hydrogens is 336 g/mol. The first-order chi connectivity index (χ1) is 12.0. The van der Waals surface area contributed by atoms with Crippen molar-refractivity contribution in [1.29, 1.82) is 0 Å². The normalized spacial score (nSPS) is 20.1. The van der Waals surface area contributed by atoms with Crippen LogP contribution in [0.15, 0.2) is 17.8 Å². The van der Waals surface area contributed by atoms with Gasteiger partial charge in [0, 0.05) is 6.04 Å². The standard InChI is InChI=1S/C19H24N2O3S/c1-12-9-16(23-2)17(24-3)11-13(12)10-15-18(22)21(19(25)20-15)14-7-5-4-6-8-14/h9-11,14H,4-8H2,1-3H3,(H,20,25)/b15-10-. The Kier molecular flexibility index (Phi) is 5.27. The first kappa shape index (κ1) is 17.7. The Morgan fingerprint density at radius 1 is 1.16 bits per heavy atom. The van der Waals surface area contributed by atoms with E-state index < -0.39 is 0 Å². The Hall–Kier alpha value is -2.08. The molecule has 1 saturated carbocycles. The molecule has 3 rings (SSSR count). The minimum Gasteiger partial charge on any atom is -0.493 e. The average Bonchev–Trinajstić information content (AvgIpc) is 2.90. The number of nitrogens with one attached hydrogen (secondary N) is 1. The molecule has 1 saturated heterocycles. The van der Waals surface area contributed by atoms with Gasteiger partial charge >= 0.3 is 0 Å². The van der Waals surface area contributed by atoms with Crippen molar-refractivity contribution in [1.82, 2.24) is 10.2 Å². The lowest BCUT2D eigenvalue weighted by atomic mass is 9.94. The molecule has 5 nitrogen and oxygen atoms in total. The van der Waals surface area contributed by atoms with Crippen LogP contribution < -0.4 is 14.8 Å². The Morgan fingerprint density at radius 2 is 1.80 bits per heavy atom. The van der Waals surface area contributed by atoms with Gasteiger partial charge in [0.05, 0.1) is 14.2 Å². The minimum absolute atomic E-state index is 0.0360. The van der Waals surface area contributed by atoms with Crippen LogP contribution in [-0.2, 0) is 4.79 Å². The highest BCUT2D eigenvalue weighted by Crippen LogP contribution is 2.32. The topological polar surface area (TPSA) is 50.8 Å². The fourth-order valence-electron chi connectivity index (χ4n) is 3.53. The number of rotatable bonds is 4. The molecule has 2 aliphatic rings. The molecule has 1 amide bonds. The number of methoxy groups -OCH3 is 2. The van der Waals surface area contributed by atoms with Crippen molar-refractivity contribution in [3.63, 3.8) is 0 Å². The van der Waals surface area contributed by atoms with E-state index in [0.29, 0.717) is 22.3 Å². The van der Waals surface area contributed by atoms with Gasteiger partial charge in [-0.15, -0.1) is 0 Å². The number of carbonyl (C=O) groups excluding carboxylic acids is 1. The molecule has 0 aromatic heterocycles. The summed E-state index contributed by atoms with van der Waals surface area (Å²) in [5, 5.41) is 3.60. The molecule has 1 heterocycles. The van der Waals surface area contributed by atoms with Gasteiger partial charge in [0.1, 0.15) is 5.70 Å². The molecule has 0 radical (unpaired) electrons. The number of thiocarbonyl (C=S) groups is 1. The molecule has 0 unspecified atom stereocenters. The van der Waals surface area contributed by atoms with E-state index >= 15 is 0 Å². The Morgan fingerprint density at radius 3 is 2.44 bits per heavy atom. The number of amides is 1. The van der Waals surface area contributed by atoms with Crippen molar-refractivity contribution in [3.05, 3.63) is 29.0 Å². The zero-order chi connectivity index (χ0) is 18.0. The van der Waals surface area contributed by atoms with Crippen LogP contribution >= 0.6 is 12.2 Å². The van der Waals surface area contributed by atoms with E-state index in [2.05, 4.69) is 5.32 Å². The molecule has 1 aromatic carbocycles. The van der Waals surface area contributed by atoms with Crippen LogP contribution in [0.5, 0.6) is 11.5 Å². The summed E-state index contributed by atoms with van der Waals surface area (Å²) in [6.07, 6.45) is 7.45. The highest BCUT2D eigenvalue weighted by atomic mass is 32.1. The van der Waals surface area contributed by atoms with Crippen molar-refractivity contribution in [2.24, 2.45) is 0 Å². The monoisotopic (exact) mass is 360 g/mol. The maximum absolute atomic E-state index is 12.9. The SMILES string of the molecule is COc1cc(C)c(/C=C2\NC(=S)N(C3CCCCC3)C2=O)cc1OC. The van der Waals surface area contributed by atoms with Gasteiger partial charge in [-0.05, 0) is 61.3 Å². The van der Waals surface area contributed by atoms with Gasteiger partial charge < -0.3 is 14.8 Å². The lowest BCUT2D eigenvalue weighted by molar-refractivity contribution is -0.124. The molecule has 1 aliphatic carbocycles. The van der Waals surface area contributed by atoms with E-state index in [0.717, 1.165) is 36.8 Å². The van der Waals surface area contributed by atoms with E-state index in [4.69, 9.17) is 21.7 Å². The van der Waals surface area contributed by atoms with E-state index in [9.17, 15) is 4.79 Å². The molecule has 6 heteroatoms. The number of hydrogen-bond acceptors (Lipinski definition) is 4. The van der Waals surface area contributed by atoms with E-state index in [1.807, 2.05) is 25.1 Å². The van der Waals surface area contributed by atoms with E-state index in [1.165, 1.54) is 6.42 Å². The third kappa shape index (κ3) is 3.49. The van der Waals surface area contributed by atoms with Crippen molar-refractivity contribution >= 4 is 29.3 Å². The summed E-state index contributed by atoms with van der Waals surface area (Å²) in [5.41, 5.74) is 2.43. The second-order valence-electron chi connectivity index (χ2n) is 6.52. The van der Waals surface area contributed by atoms with Gasteiger partial charge in [-0.3, -0.25) is 9.69 Å². The molecule has 0 spiro atoms. The highest BCUT2D eigenvalue weighted by molar-refractivity contribution is 7.80. The van der Waals surface area contributed by atoms with Gasteiger partial charge in [-0.25, -0.2) is 0 Å². The predicted molar refractivity (Wildman–Crippen MR) is 102 cm³/mol. The fourth-order valence-corrected chi connectivity index (χ4v) is 3.87. The summed E-state index contributed by atoms with van der Waals surface area (Å²) < 4.78 is 10.7. The van der Waals surface area contributed by atoms with Crippen LogP contribution in [0.25, 0.3) is 6.08 Å². The molecule has 2 fully saturated rings. The van der Waals surface area contributed by atoms with Crippen molar-refractivity contribution in [2.45, 2.75) is 45.1 Å². The average molecular weight is 360 g/mol. The van der Waals surface area contributed by atoms with E-state index in [-0.39, 0.29) is 11.9 Å². The molecule has 25 heavy (non-hydrogen) atoms. The van der Waals surface area contributed by atoms with Crippen molar-refractivity contribution in [2.75, 3.05) is 14.2 Å². The fraction of sp³-hybridized carbons (Fsp3) is 0.474. The maximum atomic E-state index is 12.9. The molecule has 0 atom stereocenters. The zero-order valence-electron chi connectivity index (χ0n) is 14.9. The van der Waals surface area contributed by atoms with Crippen LogP contribution in [0.3, 0.4) is 0 Å². The Bertz CT molecular complexity index is 724. The van der Waals surface area contributed by atoms with Gasteiger partial charge in [0.15, 0.2) is 16.6 Å². The Balaban J connectivity index is 1.89. The van der Waals surface area contributed by atoms with Crippen LogP contribution in [-0.4, -0.2) is 36.2 Å². The summed E-state index contributed by atoms with van der Waals surface area (Å²) in [6.45, 7) is 1.98. The van der Waals surface area contributed by atoms with Gasteiger partial charge in [0.25, 0.3) is 5.91 Å². The summed E-state index contributed by atoms with van der Waals surface area (Å²) in [6, 6.07) is 4.00. The summed E-state index contributed by atoms with van der Waals surface area (Å²) in [5.74, 6) is 1.27. The van der Waals surface area contributed by atoms with Crippen LogP contribution in [0.4, 0.5) is 0 Å². The van der Waals surface area contributed by atoms with E-state index in [1.54, 1.807) is 19.1 Å². The van der Waals surface area contributed by atoms with Crippen LogP contribution in [0, 0.1) is 6.92 Å². The van der Waals surface area contributed by atoms with Crippen LogP contribution in [0.1, 0.15) is 43.2 Å². The summed E-state index contributed by atoms with van der Waals surface area (Å²) in [4.78, 5) is 14.6. The summed E-state index contributed by atoms with van der Waals surface area (Å²) >= 11 is 5.42. The van der Waals surface area contributed by atoms with Crippen molar-refractivity contribution < 1.29 is 14.3 Å². The number of nitrogens with zero attached hydrogens (tertiary/aromatic N) is 1. The number of carbonyl (C=O) groups is 1. The number of aryl methyl sites for hydroxylation is 1. The molecule has 1 aliphatic heterocycles. The highest BCUT2D eigenvalue weighted by Gasteiger charge is 2.36. The largest absolute Gasteiger partial charge is 0.493 e. The van der Waals surface area contributed by atoms with Gasteiger partial charge in [0.2, 0.25) is 0 Å². The molecule has 134 valence electrons. The quantitative estimate of drug-likeness (QED) is 0.659. The predicted octanol–water partition coefficient (Wildman–Crippen LogP) is 3.40. The maximum Gasteiger partial charge on any atom is 0.276 e. The number of ether oxygens (including phenoxy) is 2. The first-order valence-electron chi connectivity index (χ1n) is 8.64. The number of benzene rings is 1. The zero-order valence-corrected chi connectivity index (χ0v) is 15.7. The van der Waals surface area contributed by atoms with Gasteiger partial charge in [-0.2, -0.15) is 0 Å². The first-order valence-corrected chi connectivity index (χ1v) is 9.05. The van der Waals surface area contributed by atoms with Gasteiger partial charge in [-0.1, -0.05) is 19.3 Å². The Labute approximate surface area is 154 Å². The lowest BCUT2D eigenvalue weighted by Crippen LogP contribution is -2.41. The number of hydrogen-bond donors (Lipinski definition) is 1. The molecule has 1 aromatic rings. The molecule has 0 bridgehead atoms. The third-order valence-corrected chi connectivity index (χ3v) is 5.22.